The van der Waals surface area contributed by atoms with E-state index in [1.807, 2.05) is 0 Å². The molecule has 6 heteroatoms. The molecule has 0 bridgehead atoms. The first-order chi connectivity index (χ1) is 10.2. The smallest absolute Gasteiger partial charge is 0.0815 e. The Kier molecular flexibility index (Phi) is 4.83. The van der Waals surface area contributed by atoms with Gasteiger partial charge in [0, 0.05) is 25.7 Å². The summed E-state index contributed by atoms with van der Waals surface area (Å²) < 4.78 is 16.3. The third-order valence-electron chi connectivity index (χ3n) is 5.13. The van der Waals surface area contributed by atoms with Crippen molar-refractivity contribution < 1.29 is 29.5 Å². The van der Waals surface area contributed by atoms with Crippen molar-refractivity contribution in [3.05, 3.63) is 0 Å². The highest BCUT2D eigenvalue weighted by Gasteiger charge is 2.51. The highest BCUT2D eigenvalue weighted by Crippen LogP contribution is 2.50. The average Bonchev–Trinajstić information content (AvgIpc) is 3.30. The van der Waals surface area contributed by atoms with Crippen LogP contribution in [-0.4, -0.2) is 73.3 Å². The standard InChI is InChI=1S/C15H26O6/c16-4-10(5-17)14(6-18)15(1-11-7-19-11,2-12-8-20-12)3-13-9-21-13/h10-14,16-18H,1-9H2. The largest absolute Gasteiger partial charge is 0.396 e. The fraction of sp³-hybridized carbons (Fsp3) is 1.00. The lowest BCUT2D eigenvalue weighted by molar-refractivity contribution is -0.0318. The van der Waals surface area contributed by atoms with Gasteiger partial charge in [0.05, 0.1) is 38.1 Å². The van der Waals surface area contributed by atoms with Gasteiger partial charge in [0.25, 0.3) is 0 Å². The minimum Gasteiger partial charge on any atom is -0.396 e. The summed E-state index contributed by atoms with van der Waals surface area (Å²) in [5, 5.41) is 29.1. The van der Waals surface area contributed by atoms with Crippen LogP contribution >= 0.6 is 0 Å². The summed E-state index contributed by atoms with van der Waals surface area (Å²) in [6.45, 7) is 2.01. The minimum absolute atomic E-state index is 0.0437. The Balaban J connectivity index is 1.81. The second kappa shape index (κ2) is 6.48. The molecule has 3 aliphatic rings. The summed E-state index contributed by atoms with van der Waals surface area (Å²) >= 11 is 0. The van der Waals surface area contributed by atoms with Gasteiger partial charge in [-0.3, -0.25) is 0 Å². The molecule has 6 nitrogen and oxygen atoms in total. The molecule has 4 atom stereocenters. The fourth-order valence-electron chi connectivity index (χ4n) is 3.78. The zero-order valence-corrected chi connectivity index (χ0v) is 12.3. The van der Waals surface area contributed by atoms with E-state index in [4.69, 9.17) is 14.2 Å². The maximum absolute atomic E-state index is 9.95. The van der Waals surface area contributed by atoms with E-state index in [1.54, 1.807) is 0 Å². The van der Waals surface area contributed by atoms with Crippen LogP contribution in [-0.2, 0) is 14.2 Å². The number of ether oxygens (including phenoxy) is 3. The maximum Gasteiger partial charge on any atom is 0.0815 e. The van der Waals surface area contributed by atoms with Crippen LogP contribution in [0.4, 0.5) is 0 Å². The van der Waals surface area contributed by atoms with Crippen molar-refractivity contribution in [2.75, 3.05) is 39.6 Å². The van der Waals surface area contributed by atoms with Gasteiger partial charge in [-0.05, 0) is 30.6 Å². The first kappa shape index (κ1) is 15.6. The van der Waals surface area contributed by atoms with Crippen molar-refractivity contribution in [1.82, 2.24) is 0 Å². The van der Waals surface area contributed by atoms with Crippen molar-refractivity contribution in [3.8, 4) is 0 Å². The normalized spacial score (nSPS) is 34.6. The minimum atomic E-state index is -0.314. The van der Waals surface area contributed by atoms with E-state index in [0.717, 1.165) is 39.1 Å². The van der Waals surface area contributed by atoms with Gasteiger partial charge in [-0.25, -0.2) is 0 Å². The van der Waals surface area contributed by atoms with Crippen molar-refractivity contribution in [2.24, 2.45) is 17.3 Å². The van der Waals surface area contributed by atoms with Crippen LogP contribution in [0.2, 0.25) is 0 Å². The van der Waals surface area contributed by atoms with Gasteiger partial charge in [-0.15, -0.1) is 0 Å². The molecule has 0 amide bonds. The first-order valence-corrected chi connectivity index (χ1v) is 7.88. The summed E-state index contributed by atoms with van der Waals surface area (Å²) in [5.74, 6) is -0.476. The van der Waals surface area contributed by atoms with E-state index in [1.165, 1.54) is 0 Å². The molecule has 3 aliphatic heterocycles. The van der Waals surface area contributed by atoms with E-state index < -0.39 is 0 Å². The highest BCUT2D eigenvalue weighted by molar-refractivity contribution is 4.99. The molecule has 0 aromatic rings. The predicted octanol–water partition coefficient (Wildman–Crippen LogP) is -0.451. The van der Waals surface area contributed by atoms with Crippen molar-refractivity contribution in [1.29, 1.82) is 0 Å². The van der Waals surface area contributed by atoms with Crippen molar-refractivity contribution in [2.45, 2.75) is 37.6 Å². The number of hydrogen-bond acceptors (Lipinski definition) is 6. The second-order valence-corrected chi connectivity index (χ2v) is 6.76. The molecule has 3 heterocycles. The monoisotopic (exact) mass is 302 g/mol. The quantitative estimate of drug-likeness (QED) is 0.447. The Labute approximate surface area is 125 Å². The van der Waals surface area contributed by atoms with E-state index in [-0.39, 0.29) is 55.4 Å². The van der Waals surface area contributed by atoms with Crippen LogP contribution < -0.4 is 0 Å². The molecule has 3 saturated heterocycles. The van der Waals surface area contributed by atoms with Crippen molar-refractivity contribution in [3.63, 3.8) is 0 Å². The first-order valence-electron chi connectivity index (χ1n) is 7.88. The molecule has 21 heavy (non-hydrogen) atoms. The Morgan fingerprint density at radius 3 is 1.38 bits per heavy atom. The summed E-state index contributed by atoms with van der Waals surface area (Å²) in [5.41, 5.74) is -0.200. The topological polar surface area (TPSA) is 98.3 Å². The van der Waals surface area contributed by atoms with Crippen LogP contribution in [0.1, 0.15) is 19.3 Å². The van der Waals surface area contributed by atoms with E-state index >= 15 is 0 Å². The van der Waals surface area contributed by atoms with E-state index in [0.29, 0.717) is 0 Å². The highest BCUT2D eigenvalue weighted by atomic mass is 16.6. The Morgan fingerprint density at radius 1 is 0.762 bits per heavy atom. The molecule has 122 valence electrons. The van der Waals surface area contributed by atoms with Gasteiger partial charge in [-0.2, -0.15) is 0 Å². The lowest BCUT2D eigenvalue weighted by Gasteiger charge is -2.43. The SMILES string of the molecule is OCC(CO)C(CO)C(CC1CO1)(CC1CO1)CC1CO1. The Morgan fingerprint density at radius 2 is 1.14 bits per heavy atom. The molecule has 0 spiro atoms. The Bertz CT molecular complexity index is 297. The van der Waals surface area contributed by atoms with Crippen LogP contribution in [0.25, 0.3) is 0 Å². The number of epoxide rings is 3. The van der Waals surface area contributed by atoms with Crippen LogP contribution in [0.3, 0.4) is 0 Å². The molecule has 0 radical (unpaired) electrons. The van der Waals surface area contributed by atoms with Gasteiger partial charge < -0.3 is 29.5 Å². The van der Waals surface area contributed by atoms with Gasteiger partial charge in [-0.1, -0.05) is 0 Å². The molecular formula is C15H26O6. The lowest BCUT2D eigenvalue weighted by Crippen LogP contribution is -2.43. The van der Waals surface area contributed by atoms with Gasteiger partial charge in [0.1, 0.15) is 0 Å². The van der Waals surface area contributed by atoms with Crippen LogP contribution in [0, 0.1) is 17.3 Å². The molecule has 0 aliphatic carbocycles. The zero-order chi connectivity index (χ0) is 14.9. The molecular weight excluding hydrogens is 276 g/mol. The number of aliphatic hydroxyl groups is 3. The molecule has 3 rings (SSSR count). The molecule has 0 aromatic carbocycles. The number of aliphatic hydroxyl groups excluding tert-OH is 3. The van der Waals surface area contributed by atoms with E-state index in [9.17, 15) is 15.3 Å². The van der Waals surface area contributed by atoms with Crippen molar-refractivity contribution >= 4 is 0 Å². The molecule has 0 aromatic heterocycles. The summed E-state index contributed by atoms with van der Waals surface area (Å²) in [6, 6.07) is 0. The molecule has 3 N–H and O–H groups in total. The summed E-state index contributed by atoms with van der Waals surface area (Å²) in [4.78, 5) is 0. The molecule has 3 fully saturated rings. The third kappa shape index (κ3) is 3.94. The third-order valence-corrected chi connectivity index (χ3v) is 5.13. The molecule has 0 saturated carbocycles. The predicted molar refractivity (Wildman–Crippen MR) is 73.7 cm³/mol. The van der Waals surface area contributed by atoms with E-state index in [2.05, 4.69) is 0 Å². The van der Waals surface area contributed by atoms with Crippen LogP contribution in [0.15, 0.2) is 0 Å². The Hall–Kier alpha value is -0.240. The van der Waals surface area contributed by atoms with Gasteiger partial charge in [0.15, 0.2) is 0 Å². The second-order valence-electron chi connectivity index (χ2n) is 6.76. The number of rotatable bonds is 11. The fourth-order valence-corrected chi connectivity index (χ4v) is 3.78. The van der Waals surface area contributed by atoms with Crippen LogP contribution in [0.5, 0.6) is 0 Å². The van der Waals surface area contributed by atoms with Gasteiger partial charge >= 0.3 is 0 Å². The number of hydrogen-bond donors (Lipinski definition) is 3. The molecule has 4 unspecified atom stereocenters. The zero-order valence-electron chi connectivity index (χ0n) is 12.3. The van der Waals surface area contributed by atoms with Gasteiger partial charge in [0.2, 0.25) is 0 Å². The summed E-state index contributed by atoms with van der Waals surface area (Å²) in [7, 11) is 0. The maximum atomic E-state index is 9.95. The average molecular weight is 302 g/mol. The lowest BCUT2D eigenvalue weighted by atomic mass is 9.62. The summed E-state index contributed by atoms with van der Waals surface area (Å²) in [6.07, 6.45) is 3.22.